The van der Waals surface area contributed by atoms with E-state index in [1.165, 1.54) is 212 Å². The van der Waals surface area contributed by atoms with Crippen molar-refractivity contribution in [2.45, 2.75) is 323 Å². The molecule has 62 heavy (non-hydrogen) atoms. The Morgan fingerprint density at radius 3 is 0.790 bits per heavy atom. The fourth-order valence-corrected chi connectivity index (χ4v) is 8.57. The molecule has 0 unspecified atom stereocenters. The first-order chi connectivity index (χ1) is 30.4. The van der Waals surface area contributed by atoms with Gasteiger partial charge in [-0.05, 0) is 25.2 Å². The van der Waals surface area contributed by atoms with E-state index in [9.17, 15) is 14.4 Å². The quantitative estimate of drug-likeness (QED) is 0.0344. The van der Waals surface area contributed by atoms with Crippen molar-refractivity contribution in [2.75, 3.05) is 13.2 Å². The fourth-order valence-electron chi connectivity index (χ4n) is 8.57. The molecule has 6 nitrogen and oxygen atoms in total. The molecular weight excluding hydrogens is 769 g/mol. The van der Waals surface area contributed by atoms with Gasteiger partial charge in [0.2, 0.25) is 0 Å². The van der Waals surface area contributed by atoms with Gasteiger partial charge in [0, 0.05) is 19.3 Å². The maximum Gasteiger partial charge on any atom is 0.306 e. The second-order valence-electron chi connectivity index (χ2n) is 19.7. The van der Waals surface area contributed by atoms with Crippen LogP contribution in [-0.2, 0) is 28.6 Å². The minimum atomic E-state index is -0.761. The molecule has 1 atom stereocenters. The van der Waals surface area contributed by atoms with E-state index in [0.717, 1.165) is 63.7 Å². The zero-order chi connectivity index (χ0) is 45.2. The molecule has 0 aromatic heterocycles. The average molecular weight is 877 g/mol. The summed E-state index contributed by atoms with van der Waals surface area (Å²) in [7, 11) is 0. The Bertz CT molecular complexity index is 933. The number of esters is 3. The summed E-state index contributed by atoms with van der Waals surface area (Å²) in [6.07, 6.45) is 53.9. The predicted octanol–water partition coefficient (Wildman–Crippen LogP) is 18.2. The van der Waals surface area contributed by atoms with Crippen LogP contribution in [0.3, 0.4) is 0 Å². The highest BCUT2D eigenvalue weighted by molar-refractivity contribution is 5.71. The molecule has 0 aromatic rings. The van der Waals surface area contributed by atoms with Crippen molar-refractivity contribution in [3.63, 3.8) is 0 Å². The Hall–Kier alpha value is -1.59. The van der Waals surface area contributed by atoms with Crippen molar-refractivity contribution in [2.24, 2.45) is 5.92 Å². The van der Waals surface area contributed by atoms with Gasteiger partial charge in [0.05, 0.1) is 0 Å². The summed E-state index contributed by atoms with van der Waals surface area (Å²) in [5, 5.41) is 0. The van der Waals surface area contributed by atoms with Gasteiger partial charge in [0.25, 0.3) is 0 Å². The Labute approximate surface area is 387 Å². The van der Waals surface area contributed by atoms with E-state index in [1.54, 1.807) is 0 Å². The first-order valence-electron chi connectivity index (χ1n) is 27.9. The van der Waals surface area contributed by atoms with Gasteiger partial charge in [-0.3, -0.25) is 14.4 Å². The third-order valence-electron chi connectivity index (χ3n) is 12.8. The topological polar surface area (TPSA) is 78.9 Å². The van der Waals surface area contributed by atoms with Crippen molar-refractivity contribution < 1.29 is 28.6 Å². The Morgan fingerprint density at radius 1 is 0.306 bits per heavy atom. The number of hydrogen-bond acceptors (Lipinski definition) is 6. The molecule has 0 spiro atoms. The SMILES string of the molecule is CCCCCCCCCCCCCCCCCCCCCC(=O)OC[C@@H](COC(=O)CCCCCCCCCC(C)C)OC(=O)CCCCCCCCCCCCCCCCC. The summed E-state index contributed by atoms with van der Waals surface area (Å²) in [5.74, 6) is -0.0612. The van der Waals surface area contributed by atoms with Gasteiger partial charge in [-0.1, -0.05) is 278 Å². The minimum absolute atomic E-state index is 0.0629. The normalized spacial score (nSPS) is 12.0. The van der Waals surface area contributed by atoms with E-state index in [2.05, 4.69) is 27.7 Å². The standard InChI is InChI=1S/C56H108O6/c1-5-7-9-11-13-15-17-19-21-22-23-24-26-27-29-31-35-39-43-47-54(57)60-50-53(51-61-55(58)48-44-40-37-33-34-38-42-46-52(3)4)62-56(59)49-45-41-36-32-30-28-25-20-18-16-14-12-10-8-6-2/h52-53H,5-51H2,1-4H3/t53-/m0/s1. The van der Waals surface area contributed by atoms with Crippen LogP contribution in [0.15, 0.2) is 0 Å². The maximum absolute atomic E-state index is 12.8. The number of hydrogen-bond donors (Lipinski definition) is 0. The zero-order valence-corrected chi connectivity index (χ0v) is 42.3. The van der Waals surface area contributed by atoms with E-state index >= 15 is 0 Å². The van der Waals surface area contributed by atoms with E-state index < -0.39 is 6.10 Å². The van der Waals surface area contributed by atoms with Crippen LogP contribution in [0.2, 0.25) is 0 Å². The second-order valence-corrected chi connectivity index (χ2v) is 19.7. The number of ether oxygens (including phenoxy) is 3. The molecule has 0 aliphatic heterocycles. The Balaban J connectivity index is 4.23. The van der Waals surface area contributed by atoms with Gasteiger partial charge in [-0.25, -0.2) is 0 Å². The Morgan fingerprint density at radius 2 is 0.532 bits per heavy atom. The van der Waals surface area contributed by atoms with Crippen LogP contribution >= 0.6 is 0 Å². The van der Waals surface area contributed by atoms with E-state index in [0.29, 0.717) is 19.3 Å². The van der Waals surface area contributed by atoms with Gasteiger partial charge in [-0.2, -0.15) is 0 Å². The van der Waals surface area contributed by atoms with Gasteiger partial charge < -0.3 is 14.2 Å². The summed E-state index contributed by atoms with van der Waals surface area (Å²) in [5.41, 5.74) is 0. The van der Waals surface area contributed by atoms with Gasteiger partial charge in [-0.15, -0.1) is 0 Å². The fraction of sp³-hybridized carbons (Fsp3) is 0.946. The molecule has 0 fully saturated rings. The lowest BCUT2D eigenvalue weighted by Gasteiger charge is -2.18. The molecule has 0 aliphatic rings. The van der Waals surface area contributed by atoms with Crippen LogP contribution in [0.1, 0.15) is 317 Å². The zero-order valence-electron chi connectivity index (χ0n) is 42.3. The minimum Gasteiger partial charge on any atom is -0.462 e. The molecule has 0 N–H and O–H groups in total. The lowest BCUT2D eigenvalue weighted by Crippen LogP contribution is -2.30. The molecule has 0 bridgehead atoms. The molecule has 0 aromatic carbocycles. The lowest BCUT2D eigenvalue weighted by molar-refractivity contribution is -0.167. The van der Waals surface area contributed by atoms with Crippen LogP contribution < -0.4 is 0 Å². The molecule has 0 radical (unpaired) electrons. The number of carbonyl (C=O) groups excluding carboxylic acids is 3. The molecule has 0 heterocycles. The van der Waals surface area contributed by atoms with Crippen LogP contribution in [0.25, 0.3) is 0 Å². The van der Waals surface area contributed by atoms with E-state index in [1.807, 2.05) is 0 Å². The molecule has 368 valence electrons. The van der Waals surface area contributed by atoms with Crippen molar-refractivity contribution in [1.82, 2.24) is 0 Å². The summed E-state index contributed by atoms with van der Waals surface area (Å²) < 4.78 is 16.8. The molecule has 6 heteroatoms. The first kappa shape index (κ1) is 60.4. The second kappa shape index (κ2) is 50.4. The third-order valence-corrected chi connectivity index (χ3v) is 12.8. The number of rotatable bonds is 51. The smallest absolute Gasteiger partial charge is 0.306 e. The van der Waals surface area contributed by atoms with Crippen LogP contribution in [0, 0.1) is 5.92 Å². The largest absolute Gasteiger partial charge is 0.462 e. The van der Waals surface area contributed by atoms with Crippen LogP contribution in [0.4, 0.5) is 0 Å². The molecule has 0 aliphatic carbocycles. The van der Waals surface area contributed by atoms with E-state index in [-0.39, 0.29) is 31.1 Å². The molecule has 0 rings (SSSR count). The molecular formula is C56H108O6. The van der Waals surface area contributed by atoms with Crippen molar-refractivity contribution >= 4 is 17.9 Å². The van der Waals surface area contributed by atoms with Crippen LogP contribution in [-0.4, -0.2) is 37.2 Å². The molecule has 0 amide bonds. The highest BCUT2D eigenvalue weighted by atomic mass is 16.6. The van der Waals surface area contributed by atoms with Gasteiger partial charge >= 0.3 is 17.9 Å². The number of unbranched alkanes of at least 4 members (excludes halogenated alkanes) is 38. The monoisotopic (exact) mass is 877 g/mol. The van der Waals surface area contributed by atoms with Crippen molar-refractivity contribution in [3.05, 3.63) is 0 Å². The maximum atomic E-state index is 12.8. The highest BCUT2D eigenvalue weighted by Gasteiger charge is 2.19. The lowest BCUT2D eigenvalue weighted by atomic mass is 10.0. The third kappa shape index (κ3) is 49.4. The van der Waals surface area contributed by atoms with E-state index in [4.69, 9.17) is 14.2 Å². The van der Waals surface area contributed by atoms with Crippen molar-refractivity contribution in [3.8, 4) is 0 Å². The molecule has 0 saturated heterocycles. The van der Waals surface area contributed by atoms with Gasteiger partial charge in [0.15, 0.2) is 6.10 Å². The summed E-state index contributed by atoms with van der Waals surface area (Å²) in [6.45, 7) is 9.00. The van der Waals surface area contributed by atoms with Crippen molar-refractivity contribution in [1.29, 1.82) is 0 Å². The summed E-state index contributed by atoms with van der Waals surface area (Å²) in [4.78, 5) is 38.0. The number of carbonyl (C=O) groups is 3. The highest BCUT2D eigenvalue weighted by Crippen LogP contribution is 2.18. The average Bonchev–Trinajstić information content (AvgIpc) is 3.26. The first-order valence-corrected chi connectivity index (χ1v) is 27.9. The van der Waals surface area contributed by atoms with Gasteiger partial charge in [0.1, 0.15) is 13.2 Å². The predicted molar refractivity (Wildman–Crippen MR) is 266 cm³/mol. The summed E-state index contributed by atoms with van der Waals surface area (Å²) >= 11 is 0. The summed E-state index contributed by atoms with van der Waals surface area (Å²) in [6, 6.07) is 0. The van der Waals surface area contributed by atoms with Crippen LogP contribution in [0.5, 0.6) is 0 Å². The Kier molecular flexibility index (Phi) is 49.1. The molecule has 0 saturated carbocycles.